The van der Waals surface area contributed by atoms with E-state index < -0.39 is 0 Å². The molecule has 1 aromatic heterocycles. The lowest BCUT2D eigenvalue weighted by molar-refractivity contribution is 0.946. The zero-order valence-electron chi connectivity index (χ0n) is 5.26. The molecule has 0 fully saturated rings. The second-order valence-corrected chi connectivity index (χ2v) is 3.64. The normalized spacial score (nSPS) is 13.7. The molecule has 0 amide bonds. The molecule has 1 heterocycles. The third-order valence-corrected chi connectivity index (χ3v) is 2.24. The van der Waals surface area contributed by atoms with Gasteiger partial charge in [-0.2, -0.15) is 0 Å². The topological polar surface area (TPSA) is 25.8 Å². The number of aryl methyl sites for hydroxylation is 1. The number of alkyl halides is 1. The lowest BCUT2D eigenvalue weighted by Gasteiger charge is -1.89. The van der Waals surface area contributed by atoms with Gasteiger partial charge in [-0.05, 0) is 13.8 Å². The fourth-order valence-corrected chi connectivity index (χ4v) is 1.28. The van der Waals surface area contributed by atoms with Crippen LogP contribution in [0.2, 0.25) is 0 Å². The first kappa shape index (κ1) is 6.96. The maximum atomic E-state index is 5.72. The molecule has 4 heteroatoms. The Morgan fingerprint density at radius 3 is 2.44 bits per heavy atom. The molecule has 0 N–H and O–H groups in total. The number of aromatic nitrogens is 2. The maximum absolute atomic E-state index is 5.72. The lowest BCUT2D eigenvalue weighted by atomic mass is 10.5. The van der Waals surface area contributed by atoms with Crippen LogP contribution in [-0.2, 0) is 0 Å². The van der Waals surface area contributed by atoms with Crippen LogP contribution >= 0.6 is 22.9 Å². The number of halogens is 1. The summed E-state index contributed by atoms with van der Waals surface area (Å²) in [5, 5.41) is 9.54. The highest BCUT2D eigenvalue weighted by atomic mass is 35.5. The van der Waals surface area contributed by atoms with Crippen LogP contribution in [0, 0.1) is 6.92 Å². The van der Waals surface area contributed by atoms with E-state index in [9.17, 15) is 0 Å². The zero-order chi connectivity index (χ0) is 6.85. The number of nitrogens with zero attached hydrogens (tertiary/aromatic N) is 2. The zero-order valence-corrected chi connectivity index (χ0v) is 6.83. The van der Waals surface area contributed by atoms with Crippen LogP contribution in [0.4, 0.5) is 0 Å². The van der Waals surface area contributed by atoms with Crippen LogP contribution in [0.15, 0.2) is 0 Å². The van der Waals surface area contributed by atoms with Gasteiger partial charge in [0.2, 0.25) is 0 Å². The Balaban J connectivity index is 2.85. The molecule has 0 aromatic carbocycles. The van der Waals surface area contributed by atoms with E-state index >= 15 is 0 Å². The van der Waals surface area contributed by atoms with Gasteiger partial charge in [-0.15, -0.1) is 33.1 Å². The van der Waals surface area contributed by atoms with Gasteiger partial charge in [0.05, 0.1) is 5.38 Å². The fraction of sp³-hybridized carbons (Fsp3) is 0.600. The summed E-state index contributed by atoms with van der Waals surface area (Å²) in [5.41, 5.74) is 0. The van der Waals surface area contributed by atoms with Gasteiger partial charge in [0.15, 0.2) is 0 Å². The van der Waals surface area contributed by atoms with Gasteiger partial charge in [0.1, 0.15) is 10.0 Å². The van der Waals surface area contributed by atoms with Gasteiger partial charge in [0.25, 0.3) is 0 Å². The summed E-state index contributed by atoms with van der Waals surface area (Å²) in [6, 6.07) is 0. The van der Waals surface area contributed by atoms with Gasteiger partial charge < -0.3 is 0 Å². The van der Waals surface area contributed by atoms with Crippen molar-refractivity contribution in [2.45, 2.75) is 19.2 Å². The monoisotopic (exact) mass is 162 g/mol. The molecule has 9 heavy (non-hydrogen) atoms. The van der Waals surface area contributed by atoms with Crippen molar-refractivity contribution in [1.82, 2.24) is 10.2 Å². The molecular weight excluding hydrogens is 156 g/mol. The van der Waals surface area contributed by atoms with E-state index in [-0.39, 0.29) is 5.38 Å². The molecule has 50 valence electrons. The SMILES string of the molecule is Cc1nnc([C@H](C)Cl)s1. The second-order valence-electron chi connectivity index (χ2n) is 1.78. The molecule has 0 unspecified atom stereocenters. The predicted octanol–water partition coefficient (Wildman–Crippen LogP) is 2.15. The van der Waals surface area contributed by atoms with Gasteiger partial charge in [-0.3, -0.25) is 0 Å². The summed E-state index contributed by atoms with van der Waals surface area (Å²) in [6.45, 7) is 3.81. The second kappa shape index (κ2) is 2.62. The van der Waals surface area contributed by atoms with Crippen LogP contribution in [0.1, 0.15) is 22.3 Å². The van der Waals surface area contributed by atoms with Crippen LogP contribution in [0.5, 0.6) is 0 Å². The van der Waals surface area contributed by atoms with Gasteiger partial charge in [-0.25, -0.2) is 0 Å². The van der Waals surface area contributed by atoms with Crippen molar-refractivity contribution in [2.24, 2.45) is 0 Å². The number of rotatable bonds is 1. The van der Waals surface area contributed by atoms with Gasteiger partial charge in [0, 0.05) is 0 Å². The molecule has 0 saturated carbocycles. The highest BCUT2D eigenvalue weighted by molar-refractivity contribution is 7.11. The quantitative estimate of drug-likeness (QED) is 0.592. The minimum absolute atomic E-state index is 0.00352. The lowest BCUT2D eigenvalue weighted by Crippen LogP contribution is -1.80. The molecule has 0 saturated heterocycles. The van der Waals surface area contributed by atoms with Crippen molar-refractivity contribution in [3.05, 3.63) is 10.0 Å². The van der Waals surface area contributed by atoms with Crippen molar-refractivity contribution < 1.29 is 0 Å². The Labute approximate surface area is 62.9 Å². The molecule has 2 nitrogen and oxygen atoms in total. The molecule has 1 rings (SSSR count). The van der Waals surface area contributed by atoms with Crippen molar-refractivity contribution >= 4 is 22.9 Å². The largest absolute Gasteiger partial charge is 0.144 e. The van der Waals surface area contributed by atoms with Crippen LogP contribution in [-0.4, -0.2) is 10.2 Å². The van der Waals surface area contributed by atoms with Gasteiger partial charge in [-0.1, -0.05) is 0 Å². The minimum Gasteiger partial charge on any atom is -0.144 e. The molecule has 0 aliphatic heterocycles. The average molecular weight is 163 g/mol. The molecular formula is C5H7ClN2S. The Kier molecular flexibility index (Phi) is 2.03. The van der Waals surface area contributed by atoms with Crippen molar-refractivity contribution in [2.75, 3.05) is 0 Å². The molecule has 0 aliphatic carbocycles. The van der Waals surface area contributed by atoms with Crippen molar-refractivity contribution in [1.29, 1.82) is 0 Å². The average Bonchev–Trinajstić information content (AvgIpc) is 2.14. The smallest absolute Gasteiger partial charge is 0.135 e. The van der Waals surface area contributed by atoms with E-state index in [0.717, 1.165) is 10.0 Å². The van der Waals surface area contributed by atoms with E-state index in [1.165, 1.54) is 0 Å². The van der Waals surface area contributed by atoms with Crippen LogP contribution in [0.25, 0.3) is 0 Å². The third-order valence-electron chi connectivity index (χ3n) is 0.882. The molecule has 0 radical (unpaired) electrons. The van der Waals surface area contributed by atoms with E-state index in [2.05, 4.69) is 10.2 Å². The summed E-state index contributed by atoms with van der Waals surface area (Å²) < 4.78 is 0. The Morgan fingerprint density at radius 1 is 1.56 bits per heavy atom. The molecule has 0 aliphatic rings. The minimum atomic E-state index is -0.00352. The first-order valence-corrected chi connectivity index (χ1v) is 3.89. The van der Waals surface area contributed by atoms with E-state index in [1.54, 1.807) is 11.3 Å². The Hall–Kier alpha value is -0.150. The first-order valence-electron chi connectivity index (χ1n) is 2.64. The van der Waals surface area contributed by atoms with Crippen molar-refractivity contribution in [3.63, 3.8) is 0 Å². The first-order chi connectivity index (χ1) is 4.20. The number of hydrogen-bond acceptors (Lipinski definition) is 3. The predicted molar refractivity (Wildman–Crippen MR) is 38.9 cm³/mol. The van der Waals surface area contributed by atoms with E-state index in [1.807, 2.05) is 13.8 Å². The summed E-state index contributed by atoms with van der Waals surface area (Å²) >= 11 is 7.27. The fourth-order valence-electron chi connectivity index (χ4n) is 0.473. The highest BCUT2D eigenvalue weighted by Gasteiger charge is 2.05. The van der Waals surface area contributed by atoms with Crippen LogP contribution < -0.4 is 0 Å². The molecule has 0 bridgehead atoms. The van der Waals surface area contributed by atoms with Crippen LogP contribution in [0.3, 0.4) is 0 Å². The third kappa shape index (κ3) is 1.63. The summed E-state index contributed by atoms with van der Waals surface area (Å²) in [6.07, 6.45) is 0. The highest BCUT2D eigenvalue weighted by Crippen LogP contribution is 2.21. The summed E-state index contributed by atoms with van der Waals surface area (Å²) in [7, 11) is 0. The van der Waals surface area contributed by atoms with E-state index in [0.29, 0.717) is 0 Å². The molecule has 1 aromatic rings. The number of hydrogen-bond donors (Lipinski definition) is 0. The van der Waals surface area contributed by atoms with Gasteiger partial charge >= 0.3 is 0 Å². The Bertz CT molecular complexity index is 197. The maximum Gasteiger partial charge on any atom is 0.135 e. The van der Waals surface area contributed by atoms with E-state index in [4.69, 9.17) is 11.6 Å². The standard InChI is InChI=1S/C5H7ClN2S/c1-3(6)5-8-7-4(2)9-5/h3H,1-2H3/t3-/m0/s1. The molecule has 1 atom stereocenters. The van der Waals surface area contributed by atoms with Crippen molar-refractivity contribution in [3.8, 4) is 0 Å². The molecule has 0 spiro atoms. The Morgan fingerprint density at radius 2 is 2.22 bits per heavy atom. The summed E-state index contributed by atoms with van der Waals surface area (Å²) in [5.74, 6) is 0. The summed E-state index contributed by atoms with van der Waals surface area (Å²) in [4.78, 5) is 0.